The van der Waals surface area contributed by atoms with Crippen LogP contribution in [0.2, 0.25) is 0 Å². The number of fused-ring (bicyclic) bond motifs is 1. The van der Waals surface area contributed by atoms with Crippen LogP contribution in [-0.4, -0.2) is 56.2 Å². The van der Waals surface area contributed by atoms with Gasteiger partial charge in [0.2, 0.25) is 11.8 Å². The summed E-state index contributed by atoms with van der Waals surface area (Å²) in [6.45, 7) is 1.46. The number of rotatable bonds is 5. The summed E-state index contributed by atoms with van der Waals surface area (Å²) in [6.07, 6.45) is 0.463. The monoisotopic (exact) mass is 307 g/mol. The van der Waals surface area contributed by atoms with E-state index in [-0.39, 0.29) is 18.4 Å². The average molecular weight is 307 g/mol. The second kappa shape index (κ2) is 7.47. The van der Waals surface area contributed by atoms with E-state index in [4.69, 9.17) is 0 Å². The lowest BCUT2D eigenvalue weighted by Gasteiger charge is -2.22. The van der Waals surface area contributed by atoms with Gasteiger partial charge >= 0.3 is 0 Å². The Morgan fingerprint density at radius 3 is 2.90 bits per heavy atom. The molecule has 2 amide bonds. The van der Waals surface area contributed by atoms with Gasteiger partial charge < -0.3 is 15.1 Å². The number of nitrogens with one attached hydrogen (secondary N) is 1. The first-order chi connectivity index (χ1) is 10.1. The Hall–Kier alpha value is -1.53. The fourth-order valence-corrected chi connectivity index (χ4v) is 3.11. The van der Waals surface area contributed by atoms with Crippen molar-refractivity contribution in [2.75, 3.05) is 44.4 Å². The van der Waals surface area contributed by atoms with Gasteiger partial charge in [-0.15, -0.1) is 11.8 Å². The van der Waals surface area contributed by atoms with Crippen LogP contribution in [0.15, 0.2) is 29.2 Å². The molecule has 0 fully saturated rings. The molecule has 6 heteroatoms. The first-order valence-corrected chi connectivity index (χ1v) is 8.00. The number of hydrogen-bond acceptors (Lipinski definition) is 4. The summed E-state index contributed by atoms with van der Waals surface area (Å²) in [6, 6.07) is 7.75. The quantitative estimate of drug-likeness (QED) is 0.888. The van der Waals surface area contributed by atoms with Crippen molar-refractivity contribution in [2.45, 2.75) is 11.3 Å². The van der Waals surface area contributed by atoms with Gasteiger partial charge in [0, 0.05) is 30.2 Å². The van der Waals surface area contributed by atoms with E-state index in [0.717, 1.165) is 22.9 Å². The van der Waals surface area contributed by atoms with E-state index in [1.165, 1.54) is 0 Å². The maximum Gasteiger partial charge on any atom is 0.240 e. The molecule has 0 radical (unpaired) electrons. The topological polar surface area (TPSA) is 52.7 Å². The van der Waals surface area contributed by atoms with E-state index >= 15 is 0 Å². The molecule has 1 aliphatic heterocycles. The highest BCUT2D eigenvalue weighted by Crippen LogP contribution is 2.33. The van der Waals surface area contributed by atoms with E-state index in [0.29, 0.717) is 13.0 Å². The fraction of sp³-hybridized carbons (Fsp3) is 0.467. The largest absolute Gasteiger partial charge is 0.353 e. The molecule has 5 nitrogen and oxygen atoms in total. The van der Waals surface area contributed by atoms with Crippen LogP contribution in [0.25, 0.3) is 0 Å². The number of carbonyl (C=O) groups excluding carboxylic acids is 2. The third-order valence-corrected chi connectivity index (χ3v) is 4.28. The van der Waals surface area contributed by atoms with Gasteiger partial charge in [-0.05, 0) is 26.2 Å². The molecule has 114 valence electrons. The lowest BCUT2D eigenvalue weighted by Crippen LogP contribution is -2.42. The molecule has 1 aliphatic rings. The minimum Gasteiger partial charge on any atom is -0.353 e. The Kier molecular flexibility index (Phi) is 5.64. The van der Waals surface area contributed by atoms with Gasteiger partial charge in [-0.3, -0.25) is 9.59 Å². The van der Waals surface area contributed by atoms with Crippen molar-refractivity contribution in [3.05, 3.63) is 24.3 Å². The highest BCUT2D eigenvalue weighted by Gasteiger charge is 2.24. The summed E-state index contributed by atoms with van der Waals surface area (Å²) in [7, 11) is 3.91. The number of para-hydroxylation sites is 1. The van der Waals surface area contributed by atoms with Gasteiger partial charge in [-0.25, -0.2) is 0 Å². The van der Waals surface area contributed by atoms with Gasteiger partial charge in [-0.1, -0.05) is 12.1 Å². The highest BCUT2D eigenvalue weighted by atomic mass is 32.2. The molecule has 1 aromatic rings. The van der Waals surface area contributed by atoms with Crippen LogP contribution in [0.1, 0.15) is 6.42 Å². The summed E-state index contributed by atoms with van der Waals surface area (Å²) in [5, 5.41) is 2.85. The normalized spacial score (nSPS) is 14.8. The average Bonchev–Trinajstić information content (AvgIpc) is 2.59. The summed E-state index contributed by atoms with van der Waals surface area (Å²) >= 11 is 1.67. The van der Waals surface area contributed by atoms with Crippen LogP contribution in [0.5, 0.6) is 0 Å². The molecule has 2 rings (SSSR count). The summed E-state index contributed by atoms with van der Waals surface area (Å²) in [4.78, 5) is 28.9. The van der Waals surface area contributed by atoms with E-state index in [9.17, 15) is 9.59 Å². The van der Waals surface area contributed by atoms with E-state index in [2.05, 4.69) is 5.32 Å². The Morgan fingerprint density at radius 1 is 1.38 bits per heavy atom. The highest BCUT2D eigenvalue weighted by molar-refractivity contribution is 7.99. The minimum absolute atomic E-state index is 0.00945. The van der Waals surface area contributed by atoms with Crippen LogP contribution in [0.3, 0.4) is 0 Å². The van der Waals surface area contributed by atoms with Crippen molar-refractivity contribution in [1.82, 2.24) is 10.2 Å². The van der Waals surface area contributed by atoms with Gasteiger partial charge in [0.1, 0.15) is 6.54 Å². The molecule has 0 atom stereocenters. The maximum atomic E-state index is 12.2. The van der Waals surface area contributed by atoms with Crippen molar-refractivity contribution >= 4 is 29.3 Å². The lowest BCUT2D eigenvalue weighted by atomic mass is 10.2. The van der Waals surface area contributed by atoms with Crippen molar-refractivity contribution < 1.29 is 9.59 Å². The van der Waals surface area contributed by atoms with Crippen LogP contribution < -0.4 is 10.2 Å². The number of nitrogens with zero attached hydrogens (tertiary/aromatic N) is 2. The Labute approximate surface area is 129 Å². The molecule has 0 aromatic heterocycles. The molecular formula is C15H21N3O2S. The second-order valence-corrected chi connectivity index (χ2v) is 6.34. The molecule has 0 spiro atoms. The predicted octanol–water partition coefficient (Wildman–Crippen LogP) is 1.19. The molecule has 0 saturated heterocycles. The van der Waals surface area contributed by atoms with Crippen LogP contribution in [0.4, 0.5) is 5.69 Å². The molecule has 0 saturated carbocycles. The van der Waals surface area contributed by atoms with E-state index < -0.39 is 0 Å². The van der Waals surface area contributed by atoms with Crippen molar-refractivity contribution in [2.24, 2.45) is 0 Å². The first-order valence-electron chi connectivity index (χ1n) is 7.01. The molecule has 21 heavy (non-hydrogen) atoms. The zero-order valence-electron chi connectivity index (χ0n) is 12.5. The summed E-state index contributed by atoms with van der Waals surface area (Å²) in [5.41, 5.74) is 0.841. The van der Waals surface area contributed by atoms with Gasteiger partial charge in [0.05, 0.1) is 5.69 Å². The zero-order valence-corrected chi connectivity index (χ0v) is 13.3. The molecule has 1 heterocycles. The number of anilines is 1. The second-order valence-electron chi connectivity index (χ2n) is 5.20. The number of carbonyl (C=O) groups is 2. The number of benzene rings is 1. The Morgan fingerprint density at radius 2 is 2.14 bits per heavy atom. The molecule has 0 unspecified atom stereocenters. The fourth-order valence-electron chi connectivity index (χ4n) is 2.11. The standard InChI is InChI=1S/C15H21N3O2S/c1-17(2)9-8-16-14(19)11-18-12-5-3-4-6-13(12)21-10-7-15(18)20/h3-6H,7-11H2,1-2H3,(H,16,19). The third kappa shape index (κ3) is 4.47. The predicted molar refractivity (Wildman–Crippen MR) is 85.7 cm³/mol. The van der Waals surface area contributed by atoms with Gasteiger partial charge in [0.15, 0.2) is 0 Å². The molecule has 0 aliphatic carbocycles. The molecule has 0 bridgehead atoms. The van der Waals surface area contributed by atoms with Crippen LogP contribution in [0, 0.1) is 0 Å². The van der Waals surface area contributed by atoms with Gasteiger partial charge in [0.25, 0.3) is 0 Å². The number of amides is 2. The lowest BCUT2D eigenvalue weighted by molar-refractivity contribution is -0.123. The van der Waals surface area contributed by atoms with Crippen molar-refractivity contribution in [3.63, 3.8) is 0 Å². The number of thioether (sulfide) groups is 1. The number of hydrogen-bond donors (Lipinski definition) is 1. The minimum atomic E-state index is -0.119. The molecule has 1 N–H and O–H groups in total. The van der Waals surface area contributed by atoms with E-state index in [1.54, 1.807) is 16.7 Å². The maximum absolute atomic E-state index is 12.2. The molecule has 1 aromatic carbocycles. The van der Waals surface area contributed by atoms with E-state index in [1.807, 2.05) is 43.3 Å². The number of likely N-dealkylation sites (N-methyl/N-ethyl adjacent to an activating group) is 1. The van der Waals surface area contributed by atoms with Crippen LogP contribution in [-0.2, 0) is 9.59 Å². The summed E-state index contributed by atoms with van der Waals surface area (Å²) in [5.74, 6) is 0.649. The molecular weight excluding hydrogens is 286 g/mol. The SMILES string of the molecule is CN(C)CCNC(=O)CN1C(=O)CCSc2ccccc21. The first kappa shape index (κ1) is 15.9. The van der Waals surface area contributed by atoms with Crippen molar-refractivity contribution in [1.29, 1.82) is 0 Å². The Bertz CT molecular complexity index is 519. The third-order valence-electron chi connectivity index (χ3n) is 3.21. The zero-order chi connectivity index (χ0) is 15.2. The van der Waals surface area contributed by atoms with Gasteiger partial charge in [-0.2, -0.15) is 0 Å². The Balaban J connectivity index is 2.03. The van der Waals surface area contributed by atoms with Crippen LogP contribution >= 0.6 is 11.8 Å². The van der Waals surface area contributed by atoms with Crippen molar-refractivity contribution in [3.8, 4) is 0 Å². The smallest absolute Gasteiger partial charge is 0.240 e. The summed E-state index contributed by atoms with van der Waals surface area (Å²) < 4.78 is 0.